The Morgan fingerprint density at radius 1 is 0.853 bits per heavy atom. The number of allylic oxidation sites excluding steroid dienone is 2. The Morgan fingerprint density at radius 3 is 2.65 bits per heavy atom. The zero-order valence-electron chi connectivity index (χ0n) is 18.8. The van der Waals surface area contributed by atoms with E-state index >= 15 is 0 Å². The Labute approximate surface area is 197 Å². The molecule has 0 amide bonds. The highest BCUT2D eigenvalue weighted by atomic mass is 16.3. The standard InChI is InChI=1S/C31H22N2O/c1-20-14-16-25-24-17-15-21(19-29(24)34-31(25)30(20)28-13-7-8-18-32(28)2)33-26-11-5-3-9-22(26)23-10-4-6-12-27(23)33/h3-19H,2H2,1H3. The molecule has 3 heterocycles. The number of rotatable bonds is 2. The molecule has 0 saturated carbocycles. The molecule has 4 aromatic carbocycles. The predicted molar refractivity (Wildman–Crippen MR) is 139 cm³/mol. The summed E-state index contributed by atoms with van der Waals surface area (Å²) in [4.78, 5) is 0. The fraction of sp³-hybridized carbons (Fsp3) is 0.0323. The van der Waals surface area contributed by atoms with E-state index in [1.54, 1.807) is 0 Å². The molecule has 0 unspecified atom stereocenters. The third-order valence-corrected chi connectivity index (χ3v) is 6.87. The Hall–Kier alpha value is -4.50. The summed E-state index contributed by atoms with van der Waals surface area (Å²) in [7, 11) is 0. The van der Waals surface area contributed by atoms with Crippen LogP contribution < -0.4 is 4.57 Å². The average molecular weight is 439 g/mol. The van der Waals surface area contributed by atoms with E-state index in [0.29, 0.717) is 0 Å². The topological polar surface area (TPSA) is 18.2 Å². The minimum atomic E-state index is 0.882. The minimum Gasteiger partial charge on any atom is -0.286 e. The van der Waals surface area contributed by atoms with Gasteiger partial charge in [-0.25, -0.2) is 4.57 Å². The van der Waals surface area contributed by atoms with Crippen molar-refractivity contribution in [3.8, 4) is 5.69 Å². The summed E-state index contributed by atoms with van der Waals surface area (Å²) in [6.07, 6.45) is 8.09. The summed E-state index contributed by atoms with van der Waals surface area (Å²) in [5, 5.41) is 4.75. The maximum Gasteiger partial charge on any atom is 0.286 e. The van der Waals surface area contributed by atoms with Gasteiger partial charge in [0.25, 0.3) is 11.2 Å². The molecule has 0 bridgehead atoms. The minimum absolute atomic E-state index is 0.882. The summed E-state index contributed by atoms with van der Waals surface area (Å²) < 4.78 is 10.8. The van der Waals surface area contributed by atoms with E-state index in [2.05, 4.69) is 103 Å². The van der Waals surface area contributed by atoms with E-state index in [4.69, 9.17) is 4.42 Å². The van der Waals surface area contributed by atoms with Gasteiger partial charge in [0.2, 0.25) is 0 Å². The van der Waals surface area contributed by atoms with Crippen molar-refractivity contribution in [1.82, 2.24) is 0 Å². The number of furan rings is 1. The maximum absolute atomic E-state index is 6.58. The quantitative estimate of drug-likeness (QED) is 0.164. The van der Waals surface area contributed by atoms with Crippen LogP contribution in [0, 0.1) is 13.0 Å². The molecule has 34 heavy (non-hydrogen) atoms. The van der Waals surface area contributed by atoms with Crippen molar-refractivity contribution in [1.29, 1.82) is 0 Å². The Bertz CT molecular complexity index is 1790. The van der Waals surface area contributed by atoms with Gasteiger partial charge in [-0.3, -0.25) is 8.99 Å². The van der Waals surface area contributed by atoms with E-state index in [0.717, 1.165) is 44.8 Å². The first kappa shape index (κ1) is 19.0. The zero-order chi connectivity index (χ0) is 22.8. The van der Waals surface area contributed by atoms with Gasteiger partial charge in [-0.1, -0.05) is 55.0 Å². The van der Waals surface area contributed by atoms with Gasteiger partial charge in [-0.2, -0.15) is 0 Å². The third kappa shape index (κ3) is 2.58. The van der Waals surface area contributed by atoms with E-state index in [-0.39, 0.29) is 0 Å². The monoisotopic (exact) mass is 438 g/mol. The predicted octanol–water partition coefficient (Wildman–Crippen LogP) is 6.87. The van der Waals surface area contributed by atoms with Crippen molar-refractivity contribution in [3.63, 3.8) is 0 Å². The number of fused-ring (bicyclic) bond motifs is 6. The molecule has 0 spiro atoms. The summed E-state index contributed by atoms with van der Waals surface area (Å²) in [6.45, 7) is 6.30. The lowest BCUT2D eigenvalue weighted by atomic mass is 9.96. The molecule has 1 aliphatic heterocycles. The summed E-state index contributed by atoms with van der Waals surface area (Å²) >= 11 is 0. The normalized spacial score (nSPS) is 13.8. The van der Waals surface area contributed by atoms with E-state index in [1.165, 1.54) is 21.8 Å². The van der Waals surface area contributed by atoms with Crippen LogP contribution in [0.5, 0.6) is 0 Å². The Morgan fingerprint density at radius 2 is 1.74 bits per heavy atom. The van der Waals surface area contributed by atoms with Crippen LogP contribution in [-0.2, 0) is 0 Å². The van der Waals surface area contributed by atoms with Gasteiger partial charge in [-0.15, -0.1) is 30.3 Å². The SMILES string of the molecule is C=[N+]1C=CC=C[C-]1c1c(C)ccc2c1[o+][c-]1cc(-[n+]3c4ccccc4c4cccc[c-]43)ccc21. The van der Waals surface area contributed by atoms with Gasteiger partial charge in [0.05, 0.1) is 18.3 Å². The number of benzene rings is 4. The lowest BCUT2D eigenvalue weighted by molar-refractivity contribution is -0.536. The van der Waals surface area contributed by atoms with Crippen LogP contribution in [0.4, 0.5) is 0 Å². The molecular weight excluding hydrogens is 416 g/mol. The van der Waals surface area contributed by atoms with E-state index < -0.39 is 0 Å². The highest BCUT2D eigenvalue weighted by molar-refractivity contribution is 6.08. The smallest absolute Gasteiger partial charge is 0.286 e. The van der Waals surface area contributed by atoms with Crippen LogP contribution in [0.15, 0.2) is 108 Å². The van der Waals surface area contributed by atoms with Gasteiger partial charge >= 0.3 is 0 Å². The molecule has 6 aromatic rings. The fourth-order valence-corrected chi connectivity index (χ4v) is 5.29. The second-order valence-corrected chi connectivity index (χ2v) is 8.84. The van der Waals surface area contributed by atoms with Crippen molar-refractivity contribution in [2.75, 3.05) is 0 Å². The van der Waals surface area contributed by atoms with Gasteiger partial charge in [-0.05, 0) is 39.8 Å². The first-order chi connectivity index (χ1) is 16.7. The van der Waals surface area contributed by atoms with Crippen LogP contribution in [0.25, 0.3) is 49.4 Å². The van der Waals surface area contributed by atoms with Crippen molar-refractivity contribution in [2.24, 2.45) is 0 Å². The molecular formula is C31H22N2O. The number of hydrogen-bond acceptors (Lipinski definition) is 0. The summed E-state index contributed by atoms with van der Waals surface area (Å²) in [6, 6.07) is 29.1. The van der Waals surface area contributed by atoms with Crippen molar-refractivity contribution < 1.29 is 13.6 Å². The van der Waals surface area contributed by atoms with Crippen LogP contribution in [0.3, 0.4) is 0 Å². The van der Waals surface area contributed by atoms with Crippen molar-refractivity contribution >= 4 is 50.5 Å². The van der Waals surface area contributed by atoms with Gasteiger partial charge in [0, 0.05) is 0 Å². The number of aromatic nitrogens is 1. The van der Waals surface area contributed by atoms with Crippen molar-refractivity contribution in [2.45, 2.75) is 6.92 Å². The number of para-hydroxylation sites is 2. The van der Waals surface area contributed by atoms with E-state index in [9.17, 15) is 0 Å². The van der Waals surface area contributed by atoms with Crippen molar-refractivity contribution in [3.05, 3.63) is 120 Å². The molecule has 0 aliphatic carbocycles. The van der Waals surface area contributed by atoms with Crippen LogP contribution >= 0.6 is 0 Å². The number of hydrogen-bond donors (Lipinski definition) is 0. The molecule has 162 valence electrons. The molecule has 7 rings (SSSR count). The van der Waals surface area contributed by atoms with Crippen LogP contribution in [-0.4, -0.2) is 11.3 Å². The first-order valence-electron chi connectivity index (χ1n) is 11.5. The number of aryl methyl sites for hydroxylation is 1. The van der Waals surface area contributed by atoms with E-state index in [1.807, 2.05) is 22.9 Å². The molecule has 3 heteroatoms. The molecule has 3 nitrogen and oxygen atoms in total. The number of nitrogens with zero attached hydrogens (tertiary/aromatic N) is 2. The summed E-state index contributed by atoms with van der Waals surface area (Å²) in [5.41, 5.74) is 7.51. The van der Waals surface area contributed by atoms with Crippen LogP contribution in [0.2, 0.25) is 0 Å². The molecule has 1 aliphatic rings. The molecule has 0 N–H and O–H groups in total. The molecule has 0 saturated heterocycles. The first-order valence-corrected chi connectivity index (χ1v) is 11.5. The third-order valence-electron chi connectivity index (χ3n) is 6.87. The lowest BCUT2D eigenvalue weighted by Crippen LogP contribution is -2.29. The Balaban J connectivity index is 1.50. The van der Waals surface area contributed by atoms with Gasteiger partial charge in [0.15, 0.2) is 11.7 Å². The zero-order valence-corrected chi connectivity index (χ0v) is 18.8. The summed E-state index contributed by atoms with van der Waals surface area (Å²) in [5.74, 6) is 0. The second-order valence-electron chi connectivity index (χ2n) is 8.84. The molecule has 0 atom stereocenters. The molecule has 2 aromatic heterocycles. The molecule has 0 radical (unpaired) electrons. The maximum atomic E-state index is 6.58. The largest absolute Gasteiger partial charge is 0.286 e. The molecule has 0 fully saturated rings. The average Bonchev–Trinajstić information content (AvgIpc) is 3.40. The fourth-order valence-electron chi connectivity index (χ4n) is 5.29. The Kier molecular flexibility index (Phi) is 3.91. The highest BCUT2D eigenvalue weighted by Gasteiger charge is 2.26. The van der Waals surface area contributed by atoms with Gasteiger partial charge < -0.3 is 0 Å². The highest BCUT2D eigenvalue weighted by Crippen LogP contribution is 2.37. The van der Waals surface area contributed by atoms with Crippen LogP contribution in [0.1, 0.15) is 11.1 Å². The second kappa shape index (κ2) is 7.00. The van der Waals surface area contributed by atoms with Gasteiger partial charge in [0.1, 0.15) is 17.2 Å². The lowest BCUT2D eigenvalue weighted by Gasteiger charge is -2.16.